The van der Waals surface area contributed by atoms with E-state index in [1.54, 1.807) is 38.1 Å². The molecule has 0 aliphatic carbocycles. The molecule has 20 heavy (non-hydrogen) atoms. The summed E-state index contributed by atoms with van der Waals surface area (Å²) in [6.07, 6.45) is -0.558. The third kappa shape index (κ3) is 5.58. The van der Waals surface area contributed by atoms with Gasteiger partial charge < -0.3 is 15.7 Å². The van der Waals surface area contributed by atoms with Crippen LogP contribution < -0.4 is 10.6 Å². The van der Waals surface area contributed by atoms with E-state index in [1.165, 1.54) is 0 Å². The van der Waals surface area contributed by atoms with E-state index < -0.39 is 22.0 Å². The van der Waals surface area contributed by atoms with Crippen molar-refractivity contribution in [2.45, 2.75) is 20.0 Å². The number of benzene rings is 1. The fourth-order valence-electron chi connectivity index (χ4n) is 1.48. The molecule has 0 heterocycles. The Morgan fingerprint density at radius 1 is 1.30 bits per heavy atom. The van der Waals surface area contributed by atoms with Gasteiger partial charge in [0.25, 0.3) is 0 Å². The van der Waals surface area contributed by atoms with Gasteiger partial charge in [-0.05, 0) is 24.6 Å². The van der Waals surface area contributed by atoms with Crippen molar-refractivity contribution in [1.29, 1.82) is 0 Å². The SMILES string of the molecule is CCS(=O)(=O)CCNC(=O)Nc1ccc(C(C)O)cc1. The van der Waals surface area contributed by atoms with Crippen molar-refractivity contribution < 1.29 is 18.3 Å². The molecule has 0 saturated carbocycles. The minimum Gasteiger partial charge on any atom is -0.389 e. The summed E-state index contributed by atoms with van der Waals surface area (Å²) in [5, 5.41) is 14.4. The van der Waals surface area contributed by atoms with E-state index in [0.29, 0.717) is 5.69 Å². The summed E-state index contributed by atoms with van der Waals surface area (Å²) in [6, 6.07) is 6.31. The van der Waals surface area contributed by atoms with Crippen LogP contribution in [-0.2, 0) is 9.84 Å². The second-order valence-electron chi connectivity index (χ2n) is 4.42. The van der Waals surface area contributed by atoms with Gasteiger partial charge in [-0.1, -0.05) is 19.1 Å². The summed E-state index contributed by atoms with van der Waals surface area (Å²) in [7, 11) is -3.07. The molecular weight excluding hydrogens is 280 g/mol. The maximum absolute atomic E-state index is 11.5. The molecule has 1 atom stereocenters. The Labute approximate surface area is 119 Å². The number of hydrogen-bond donors (Lipinski definition) is 3. The fourth-order valence-corrected chi connectivity index (χ4v) is 2.19. The molecule has 0 aromatic heterocycles. The third-order valence-electron chi connectivity index (χ3n) is 2.79. The van der Waals surface area contributed by atoms with Crippen molar-refractivity contribution >= 4 is 21.6 Å². The minimum absolute atomic E-state index is 0.0666. The van der Waals surface area contributed by atoms with Gasteiger partial charge in [0.05, 0.1) is 11.9 Å². The molecule has 1 aromatic rings. The van der Waals surface area contributed by atoms with Crippen LogP contribution in [0.25, 0.3) is 0 Å². The predicted molar refractivity (Wildman–Crippen MR) is 78.4 cm³/mol. The summed E-state index contributed by atoms with van der Waals surface area (Å²) >= 11 is 0. The minimum atomic E-state index is -3.07. The standard InChI is InChI=1S/C13H20N2O4S/c1-3-20(18,19)9-8-14-13(17)15-12-6-4-11(5-7-12)10(2)16/h4-7,10,16H,3,8-9H2,1-2H3,(H2,14,15,17). The molecule has 6 nitrogen and oxygen atoms in total. The first-order valence-corrected chi connectivity index (χ1v) is 8.19. The molecule has 0 aliphatic rings. The number of nitrogens with one attached hydrogen (secondary N) is 2. The van der Waals surface area contributed by atoms with Crippen LogP contribution in [-0.4, -0.2) is 37.6 Å². The number of aliphatic hydroxyl groups excluding tert-OH is 1. The van der Waals surface area contributed by atoms with Crippen LogP contribution in [0.2, 0.25) is 0 Å². The number of carbonyl (C=O) groups excluding carboxylic acids is 1. The van der Waals surface area contributed by atoms with Crippen LogP contribution in [0.5, 0.6) is 0 Å². The number of anilines is 1. The zero-order chi connectivity index (χ0) is 15.2. The molecule has 0 aliphatic heterocycles. The molecule has 0 radical (unpaired) electrons. The average Bonchev–Trinajstić information content (AvgIpc) is 2.39. The number of hydrogen-bond acceptors (Lipinski definition) is 4. The fraction of sp³-hybridized carbons (Fsp3) is 0.462. The Morgan fingerprint density at radius 2 is 1.90 bits per heavy atom. The summed E-state index contributed by atoms with van der Waals surface area (Å²) in [5.74, 6) is -0.00497. The predicted octanol–water partition coefficient (Wildman–Crippen LogP) is 1.30. The largest absolute Gasteiger partial charge is 0.389 e. The van der Waals surface area contributed by atoms with Crippen molar-refractivity contribution in [2.75, 3.05) is 23.4 Å². The number of amides is 2. The van der Waals surface area contributed by atoms with Gasteiger partial charge >= 0.3 is 6.03 Å². The van der Waals surface area contributed by atoms with Crippen LogP contribution in [0.15, 0.2) is 24.3 Å². The molecule has 1 aromatic carbocycles. The normalized spacial score (nSPS) is 12.8. The van der Waals surface area contributed by atoms with Crippen molar-refractivity contribution in [2.24, 2.45) is 0 Å². The molecule has 0 bridgehead atoms. The van der Waals surface area contributed by atoms with E-state index in [2.05, 4.69) is 10.6 Å². The Kier molecular flexibility index (Phi) is 5.97. The zero-order valence-electron chi connectivity index (χ0n) is 11.6. The van der Waals surface area contributed by atoms with Gasteiger partial charge in [-0.15, -0.1) is 0 Å². The van der Waals surface area contributed by atoms with Crippen molar-refractivity contribution in [3.8, 4) is 0 Å². The van der Waals surface area contributed by atoms with E-state index >= 15 is 0 Å². The summed E-state index contributed by atoms with van der Waals surface area (Å²) in [6.45, 7) is 3.30. The molecule has 1 unspecified atom stereocenters. The van der Waals surface area contributed by atoms with Gasteiger partial charge in [-0.3, -0.25) is 0 Å². The Balaban J connectivity index is 2.43. The second kappa shape index (κ2) is 7.25. The third-order valence-corrected chi connectivity index (χ3v) is 4.50. The lowest BCUT2D eigenvalue weighted by Crippen LogP contribution is -2.33. The van der Waals surface area contributed by atoms with Crippen molar-refractivity contribution in [3.63, 3.8) is 0 Å². The summed E-state index contributed by atoms with van der Waals surface area (Å²) in [5.41, 5.74) is 1.33. The first-order chi connectivity index (χ1) is 9.34. The lowest BCUT2D eigenvalue weighted by molar-refractivity contribution is 0.199. The maximum Gasteiger partial charge on any atom is 0.319 e. The lowest BCUT2D eigenvalue weighted by atomic mass is 10.1. The van der Waals surface area contributed by atoms with E-state index in [1.807, 2.05) is 0 Å². The molecule has 1 rings (SSSR count). The van der Waals surface area contributed by atoms with Crippen LogP contribution in [0.1, 0.15) is 25.5 Å². The van der Waals surface area contributed by atoms with Crippen molar-refractivity contribution in [1.82, 2.24) is 5.32 Å². The summed E-state index contributed by atoms with van der Waals surface area (Å²) < 4.78 is 22.5. The molecule has 0 spiro atoms. The highest BCUT2D eigenvalue weighted by Crippen LogP contribution is 2.15. The number of rotatable bonds is 6. The first kappa shape index (κ1) is 16.5. The highest BCUT2D eigenvalue weighted by molar-refractivity contribution is 7.91. The molecule has 7 heteroatoms. The van der Waals surface area contributed by atoms with Gasteiger partial charge in [0.15, 0.2) is 9.84 Å². The van der Waals surface area contributed by atoms with Gasteiger partial charge in [0.2, 0.25) is 0 Å². The topological polar surface area (TPSA) is 95.5 Å². The van der Waals surface area contributed by atoms with E-state index in [-0.39, 0.29) is 18.1 Å². The lowest BCUT2D eigenvalue weighted by Gasteiger charge is -2.09. The van der Waals surface area contributed by atoms with Crippen LogP contribution >= 0.6 is 0 Å². The number of carbonyl (C=O) groups is 1. The van der Waals surface area contributed by atoms with Crippen molar-refractivity contribution in [3.05, 3.63) is 29.8 Å². The number of urea groups is 1. The first-order valence-electron chi connectivity index (χ1n) is 6.37. The molecule has 0 fully saturated rings. The van der Waals surface area contributed by atoms with E-state index in [0.717, 1.165) is 5.56 Å². The second-order valence-corrected chi connectivity index (χ2v) is 6.89. The van der Waals surface area contributed by atoms with E-state index in [9.17, 15) is 18.3 Å². The molecular formula is C13H20N2O4S. The highest BCUT2D eigenvalue weighted by atomic mass is 32.2. The number of sulfone groups is 1. The highest BCUT2D eigenvalue weighted by Gasteiger charge is 2.08. The van der Waals surface area contributed by atoms with Gasteiger partial charge in [-0.25, -0.2) is 13.2 Å². The van der Waals surface area contributed by atoms with Crippen LogP contribution in [0.4, 0.5) is 10.5 Å². The summed E-state index contributed by atoms with van der Waals surface area (Å²) in [4.78, 5) is 11.5. The van der Waals surface area contributed by atoms with Gasteiger partial charge in [0, 0.05) is 18.0 Å². The Morgan fingerprint density at radius 3 is 2.40 bits per heavy atom. The monoisotopic (exact) mass is 300 g/mol. The quantitative estimate of drug-likeness (QED) is 0.738. The molecule has 3 N–H and O–H groups in total. The van der Waals surface area contributed by atoms with Gasteiger partial charge in [-0.2, -0.15) is 0 Å². The van der Waals surface area contributed by atoms with Crippen LogP contribution in [0.3, 0.4) is 0 Å². The Bertz CT molecular complexity index is 538. The van der Waals surface area contributed by atoms with Crippen LogP contribution in [0, 0.1) is 0 Å². The van der Waals surface area contributed by atoms with E-state index in [4.69, 9.17) is 0 Å². The zero-order valence-corrected chi connectivity index (χ0v) is 12.4. The molecule has 112 valence electrons. The molecule has 2 amide bonds. The maximum atomic E-state index is 11.5. The molecule has 0 saturated heterocycles. The number of aliphatic hydroxyl groups is 1. The van der Waals surface area contributed by atoms with Gasteiger partial charge in [0.1, 0.15) is 0 Å². The Hall–Kier alpha value is -1.60. The average molecular weight is 300 g/mol. The smallest absolute Gasteiger partial charge is 0.319 e.